The summed E-state index contributed by atoms with van der Waals surface area (Å²) in [7, 11) is 1.69. The van der Waals surface area contributed by atoms with Gasteiger partial charge in [0.2, 0.25) is 5.91 Å². The van der Waals surface area contributed by atoms with Gasteiger partial charge in [-0.05, 0) is 48.1 Å². The second kappa shape index (κ2) is 5.79. The van der Waals surface area contributed by atoms with Crippen LogP contribution < -0.4 is 10.6 Å². The maximum absolute atomic E-state index is 11.6. The second-order valence-corrected chi connectivity index (χ2v) is 4.35. The molecule has 0 saturated carbocycles. The zero-order valence-electron chi connectivity index (χ0n) is 9.45. The maximum Gasteiger partial charge on any atom is 0.335 e. The molecule has 0 fully saturated rings. The summed E-state index contributed by atoms with van der Waals surface area (Å²) in [6.45, 7) is 1.73. The highest BCUT2D eigenvalue weighted by atomic mass is 79.9. The summed E-state index contributed by atoms with van der Waals surface area (Å²) in [5.41, 5.74) is 0.707. The average molecular weight is 301 g/mol. The van der Waals surface area contributed by atoms with E-state index in [0.717, 1.165) is 0 Å². The number of carbonyl (C=O) groups excluding carboxylic acids is 1. The Morgan fingerprint density at radius 3 is 2.53 bits per heavy atom. The fourth-order valence-electron chi connectivity index (χ4n) is 1.12. The lowest BCUT2D eigenvalue weighted by atomic mass is 10.2. The van der Waals surface area contributed by atoms with Crippen molar-refractivity contribution in [3.05, 3.63) is 28.2 Å². The van der Waals surface area contributed by atoms with Crippen molar-refractivity contribution >= 4 is 33.5 Å². The van der Waals surface area contributed by atoms with Gasteiger partial charge in [0.15, 0.2) is 0 Å². The molecule has 0 aliphatic rings. The van der Waals surface area contributed by atoms with E-state index in [0.29, 0.717) is 10.2 Å². The van der Waals surface area contributed by atoms with Crippen LogP contribution in [-0.2, 0) is 4.79 Å². The number of nitrogens with one attached hydrogen (secondary N) is 2. The fourth-order valence-corrected chi connectivity index (χ4v) is 1.60. The summed E-state index contributed by atoms with van der Waals surface area (Å²) >= 11 is 3.22. The lowest BCUT2D eigenvalue weighted by Gasteiger charge is -2.12. The third kappa shape index (κ3) is 3.54. The number of carbonyl (C=O) groups is 2. The molecule has 1 aromatic rings. The van der Waals surface area contributed by atoms with E-state index in [-0.39, 0.29) is 17.5 Å². The zero-order chi connectivity index (χ0) is 13.0. The minimum absolute atomic E-state index is 0.163. The number of carboxylic acid groups (broad SMARTS) is 1. The van der Waals surface area contributed by atoms with E-state index in [1.165, 1.54) is 12.1 Å². The van der Waals surface area contributed by atoms with Crippen LogP contribution in [0, 0.1) is 0 Å². The lowest BCUT2D eigenvalue weighted by Crippen LogP contribution is -2.35. The van der Waals surface area contributed by atoms with E-state index >= 15 is 0 Å². The van der Waals surface area contributed by atoms with Gasteiger partial charge in [-0.1, -0.05) is 0 Å². The molecule has 0 aromatic heterocycles. The molecule has 1 unspecified atom stereocenters. The van der Waals surface area contributed by atoms with Crippen LogP contribution in [0.4, 0.5) is 5.69 Å². The monoisotopic (exact) mass is 300 g/mol. The maximum atomic E-state index is 11.6. The molecular weight excluding hydrogens is 288 g/mol. The van der Waals surface area contributed by atoms with Gasteiger partial charge in [0.25, 0.3) is 0 Å². The van der Waals surface area contributed by atoms with E-state index in [1.807, 2.05) is 0 Å². The molecule has 92 valence electrons. The largest absolute Gasteiger partial charge is 0.478 e. The number of hydrogen-bond donors (Lipinski definition) is 3. The number of rotatable bonds is 4. The van der Waals surface area contributed by atoms with Crippen molar-refractivity contribution in [3.8, 4) is 0 Å². The highest BCUT2D eigenvalue weighted by Gasteiger charge is 2.13. The van der Waals surface area contributed by atoms with Gasteiger partial charge in [-0.3, -0.25) is 4.79 Å². The molecule has 0 aliphatic heterocycles. The van der Waals surface area contributed by atoms with Crippen LogP contribution in [0.15, 0.2) is 22.7 Å². The Hall–Kier alpha value is -1.40. The number of carboxylic acids is 1. The van der Waals surface area contributed by atoms with Gasteiger partial charge in [0.05, 0.1) is 17.3 Å². The minimum Gasteiger partial charge on any atom is -0.478 e. The molecule has 0 bridgehead atoms. The molecule has 0 saturated heterocycles. The smallest absolute Gasteiger partial charge is 0.335 e. The first kappa shape index (κ1) is 13.7. The predicted molar refractivity (Wildman–Crippen MR) is 68.3 cm³/mol. The van der Waals surface area contributed by atoms with Gasteiger partial charge < -0.3 is 15.7 Å². The van der Waals surface area contributed by atoms with Crippen LogP contribution in [0.5, 0.6) is 0 Å². The predicted octanol–water partition coefficient (Wildman–Crippen LogP) is 1.69. The summed E-state index contributed by atoms with van der Waals surface area (Å²) in [5, 5.41) is 14.3. The van der Waals surface area contributed by atoms with E-state index in [2.05, 4.69) is 26.6 Å². The van der Waals surface area contributed by atoms with Gasteiger partial charge >= 0.3 is 5.97 Å². The van der Waals surface area contributed by atoms with Crippen LogP contribution in [0.25, 0.3) is 0 Å². The molecule has 0 heterocycles. The van der Waals surface area contributed by atoms with E-state index in [4.69, 9.17) is 5.11 Å². The summed E-state index contributed by atoms with van der Waals surface area (Å²) in [6, 6.07) is 4.11. The van der Waals surface area contributed by atoms with Crippen molar-refractivity contribution in [1.82, 2.24) is 5.32 Å². The molecule has 1 rings (SSSR count). The van der Waals surface area contributed by atoms with E-state index < -0.39 is 5.97 Å². The average Bonchev–Trinajstić information content (AvgIpc) is 2.30. The number of aromatic carboxylic acids is 1. The number of hydrogen-bond acceptors (Lipinski definition) is 3. The Morgan fingerprint density at radius 2 is 2.06 bits per heavy atom. The van der Waals surface area contributed by atoms with Crippen LogP contribution >= 0.6 is 15.9 Å². The standard InChI is InChI=1S/C11H13BrN2O3/c1-6(13-2)10(15)14-9-4-3-7(11(16)17)5-8(9)12/h3-6,13H,1-2H3,(H,14,15)(H,16,17). The molecule has 0 aliphatic carbocycles. The quantitative estimate of drug-likeness (QED) is 0.791. The molecule has 3 N–H and O–H groups in total. The Labute approximate surface area is 107 Å². The molecule has 17 heavy (non-hydrogen) atoms. The number of amides is 1. The molecule has 5 nitrogen and oxygen atoms in total. The second-order valence-electron chi connectivity index (χ2n) is 3.50. The Morgan fingerprint density at radius 1 is 1.41 bits per heavy atom. The number of halogens is 1. The normalized spacial score (nSPS) is 11.9. The van der Waals surface area contributed by atoms with Crippen molar-refractivity contribution in [3.63, 3.8) is 0 Å². The van der Waals surface area contributed by atoms with Gasteiger partial charge in [-0.25, -0.2) is 4.79 Å². The third-order valence-electron chi connectivity index (χ3n) is 2.30. The Kier molecular flexibility index (Phi) is 4.65. The fraction of sp³-hybridized carbons (Fsp3) is 0.273. The number of likely N-dealkylation sites (N-methyl/N-ethyl adjacent to an activating group) is 1. The number of anilines is 1. The van der Waals surface area contributed by atoms with Gasteiger partial charge in [-0.15, -0.1) is 0 Å². The molecule has 1 amide bonds. The lowest BCUT2D eigenvalue weighted by molar-refractivity contribution is -0.117. The van der Waals surface area contributed by atoms with Crippen molar-refractivity contribution < 1.29 is 14.7 Å². The third-order valence-corrected chi connectivity index (χ3v) is 2.96. The van der Waals surface area contributed by atoms with Crippen molar-refractivity contribution in [2.24, 2.45) is 0 Å². The first-order valence-electron chi connectivity index (χ1n) is 4.96. The summed E-state index contributed by atoms with van der Waals surface area (Å²) in [6.07, 6.45) is 0. The Balaban J connectivity index is 2.86. The minimum atomic E-state index is -1.01. The highest BCUT2D eigenvalue weighted by molar-refractivity contribution is 9.10. The van der Waals surface area contributed by atoms with Gasteiger partial charge in [0.1, 0.15) is 0 Å². The van der Waals surface area contributed by atoms with Crippen LogP contribution in [0.2, 0.25) is 0 Å². The first-order chi connectivity index (χ1) is 7.95. The molecule has 6 heteroatoms. The van der Waals surface area contributed by atoms with Crippen LogP contribution in [-0.4, -0.2) is 30.1 Å². The topological polar surface area (TPSA) is 78.4 Å². The van der Waals surface area contributed by atoms with E-state index in [9.17, 15) is 9.59 Å². The molecule has 0 spiro atoms. The Bertz CT molecular complexity index is 448. The van der Waals surface area contributed by atoms with Crippen LogP contribution in [0.3, 0.4) is 0 Å². The molecule has 0 radical (unpaired) electrons. The number of benzene rings is 1. The SMILES string of the molecule is CNC(C)C(=O)Nc1ccc(C(=O)O)cc1Br. The van der Waals surface area contributed by atoms with Gasteiger partial charge in [-0.2, -0.15) is 0 Å². The molecule has 1 aromatic carbocycles. The highest BCUT2D eigenvalue weighted by Crippen LogP contribution is 2.23. The summed E-state index contributed by atoms with van der Waals surface area (Å²) in [4.78, 5) is 22.3. The molecular formula is C11H13BrN2O3. The van der Waals surface area contributed by atoms with Crippen molar-refractivity contribution in [2.45, 2.75) is 13.0 Å². The summed E-state index contributed by atoms with van der Waals surface area (Å²) in [5.74, 6) is -1.19. The van der Waals surface area contributed by atoms with E-state index in [1.54, 1.807) is 20.0 Å². The van der Waals surface area contributed by atoms with Crippen LogP contribution in [0.1, 0.15) is 17.3 Å². The van der Waals surface area contributed by atoms with Crippen molar-refractivity contribution in [1.29, 1.82) is 0 Å². The summed E-state index contributed by atoms with van der Waals surface area (Å²) < 4.78 is 0.536. The first-order valence-corrected chi connectivity index (χ1v) is 5.76. The van der Waals surface area contributed by atoms with Gasteiger partial charge in [0, 0.05) is 4.47 Å². The zero-order valence-corrected chi connectivity index (χ0v) is 11.0. The molecule has 1 atom stereocenters. The van der Waals surface area contributed by atoms with Crippen molar-refractivity contribution in [2.75, 3.05) is 12.4 Å².